The van der Waals surface area contributed by atoms with Crippen LogP contribution in [0.4, 0.5) is 5.69 Å². The quantitative estimate of drug-likeness (QED) is 0.198. The number of ether oxygens (including phenoxy) is 4. The van der Waals surface area contributed by atoms with Crippen molar-refractivity contribution >= 4 is 33.1 Å². The van der Waals surface area contributed by atoms with Crippen molar-refractivity contribution in [1.29, 1.82) is 0 Å². The molecule has 0 unspecified atom stereocenters. The van der Waals surface area contributed by atoms with Gasteiger partial charge in [-0.05, 0) is 105 Å². The fraction of sp³-hybridized carbons (Fsp3) is 0.541. The van der Waals surface area contributed by atoms with Gasteiger partial charge in [-0.25, -0.2) is 23.2 Å². The first kappa shape index (κ1) is 34.2. The molecular formula is C37H44ClN3O7S. The summed E-state index contributed by atoms with van der Waals surface area (Å²) in [5, 5.41) is 0.579. The lowest BCUT2D eigenvalue weighted by Crippen LogP contribution is -2.51. The van der Waals surface area contributed by atoms with E-state index in [4.69, 9.17) is 30.5 Å². The Morgan fingerprint density at radius 3 is 2.76 bits per heavy atom. The van der Waals surface area contributed by atoms with Gasteiger partial charge in [-0.1, -0.05) is 17.7 Å². The Kier molecular flexibility index (Phi) is 9.89. The highest BCUT2D eigenvalue weighted by atomic mass is 35.5. The standard InChI is InChI=1S/C37H44ClN3O7S/c1-24(21-49(43,44)36-39-14-4-15-40-36)48-29-12-16-46-34(19-29)30-9-6-27(30)20-41-22-37(13-3-5-25-17-28(38)8-10-31(25)37)23-47-33-11-7-26(18-32(33)41)35(42)45-2/h4,7-8,10-11,14-15,17-18,24,27,29-30,34H,3,5-6,9,12-13,16,19-23H2,1-2H3/t24-,27-,29-,30+,34-,37-/m0/s1. The van der Waals surface area contributed by atoms with E-state index in [0.717, 1.165) is 74.5 Å². The van der Waals surface area contributed by atoms with Gasteiger partial charge in [-0.3, -0.25) is 0 Å². The van der Waals surface area contributed by atoms with Crippen molar-refractivity contribution in [2.75, 3.05) is 44.1 Å². The molecule has 10 nitrogen and oxygen atoms in total. The molecule has 0 amide bonds. The number of carbonyl (C=O) groups is 1. The lowest BCUT2D eigenvalue weighted by atomic mass is 9.67. The summed E-state index contributed by atoms with van der Waals surface area (Å²) in [6, 6.07) is 13.4. The fourth-order valence-electron chi connectivity index (χ4n) is 8.37. The Bertz CT molecular complexity index is 1780. The SMILES string of the molecule is COC(=O)c1ccc2c(c1)N(C[C@@H]1CC[C@H]1[C@@H]1C[C@@H](O[C@@H](C)CS(=O)(=O)c3ncccn3)CCO1)C[C@@]1(CCCc3cc(Cl)ccc31)CO2. The minimum atomic E-state index is -3.66. The summed E-state index contributed by atoms with van der Waals surface area (Å²) in [6.07, 6.45) is 8.91. The second kappa shape index (κ2) is 14.2. The zero-order valence-corrected chi connectivity index (χ0v) is 29.6. The summed E-state index contributed by atoms with van der Waals surface area (Å²) in [6.45, 7) is 4.48. The normalized spacial score (nSPS) is 27.2. The van der Waals surface area contributed by atoms with Crippen LogP contribution in [0.3, 0.4) is 0 Å². The number of aryl methyl sites for hydroxylation is 1. The molecule has 6 atom stereocenters. The van der Waals surface area contributed by atoms with Crippen LogP contribution < -0.4 is 9.64 Å². The smallest absolute Gasteiger partial charge is 0.337 e. The van der Waals surface area contributed by atoms with Gasteiger partial charge in [0.1, 0.15) is 5.75 Å². The summed E-state index contributed by atoms with van der Waals surface area (Å²) < 4.78 is 50.1. The molecule has 3 heterocycles. The number of aromatic nitrogens is 2. The van der Waals surface area contributed by atoms with Crippen molar-refractivity contribution in [2.24, 2.45) is 11.8 Å². The Hall–Kier alpha value is -3.25. The fourth-order valence-corrected chi connectivity index (χ4v) is 9.85. The van der Waals surface area contributed by atoms with Crippen LogP contribution in [-0.4, -0.2) is 81.8 Å². The van der Waals surface area contributed by atoms with Crippen molar-refractivity contribution < 1.29 is 32.2 Å². The third-order valence-corrected chi connectivity index (χ3v) is 12.7. The number of sulfone groups is 1. The van der Waals surface area contributed by atoms with Gasteiger partial charge >= 0.3 is 5.97 Å². The topological polar surface area (TPSA) is 117 Å². The number of rotatable bonds is 9. The number of fused-ring (bicyclic) bond motifs is 3. The second-order valence-electron chi connectivity index (χ2n) is 14.1. The molecule has 0 radical (unpaired) electrons. The summed E-state index contributed by atoms with van der Waals surface area (Å²) in [4.78, 5) is 22.9. The van der Waals surface area contributed by atoms with E-state index in [1.165, 1.54) is 30.6 Å². The van der Waals surface area contributed by atoms with Gasteiger partial charge in [0.15, 0.2) is 0 Å². The first-order valence-electron chi connectivity index (χ1n) is 17.3. The van der Waals surface area contributed by atoms with Gasteiger partial charge in [-0.2, -0.15) is 0 Å². The third-order valence-electron chi connectivity index (χ3n) is 10.8. The second-order valence-corrected chi connectivity index (χ2v) is 16.5. The molecule has 4 aliphatic rings. The molecule has 12 heteroatoms. The molecule has 3 aromatic rings. The van der Waals surface area contributed by atoms with E-state index >= 15 is 0 Å². The van der Waals surface area contributed by atoms with Gasteiger partial charge < -0.3 is 23.8 Å². The maximum atomic E-state index is 12.9. The van der Waals surface area contributed by atoms with Gasteiger partial charge in [0, 0.05) is 48.9 Å². The maximum Gasteiger partial charge on any atom is 0.337 e. The monoisotopic (exact) mass is 709 g/mol. The van der Waals surface area contributed by atoms with Crippen molar-refractivity contribution in [1.82, 2.24) is 9.97 Å². The highest BCUT2D eigenvalue weighted by Crippen LogP contribution is 2.47. The molecule has 1 saturated heterocycles. The Morgan fingerprint density at radius 1 is 1.14 bits per heavy atom. The minimum Gasteiger partial charge on any atom is -0.490 e. The van der Waals surface area contributed by atoms with Crippen LogP contribution in [0.2, 0.25) is 5.02 Å². The number of benzene rings is 2. The predicted molar refractivity (Wildman–Crippen MR) is 185 cm³/mol. The lowest BCUT2D eigenvalue weighted by molar-refractivity contribution is -0.126. The molecule has 262 valence electrons. The zero-order chi connectivity index (χ0) is 34.2. The molecule has 1 saturated carbocycles. The van der Waals surface area contributed by atoms with Crippen LogP contribution in [0, 0.1) is 11.8 Å². The average molecular weight is 710 g/mol. The first-order valence-corrected chi connectivity index (χ1v) is 19.3. The molecular weight excluding hydrogens is 666 g/mol. The predicted octanol–water partition coefficient (Wildman–Crippen LogP) is 5.84. The number of anilines is 1. The maximum absolute atomic E-state index is 12.9. The van der Waals surface area contributed by atoms with Gasteiger partial charge in [0.05, 0.1) is 49.0 Å². The molecule has 2 fully saturated rings. The number of carbonyl (C=O) groups excluding carboxylic acids is 1. The van der Waals surface area contributed by atoms with E-state index in [0.29, 0.717) is 30.6 Å². The Morgan fingerprint density at radius 2 is 1.98 bits per heavy atom. The number of methoxy groups -OCH3 is 1. The molecule has 2 aromatic carbocycles. The molecule has 0 N–H and O–H groups in total. The number of nitrogens with zero attached hydrogens (tertiary/aromatic N) is 3. The van der Waals surface area contributed by atoms with Crippen molar-refractivity contribution in [3.63, 3.8) is 0 Å². The van der Waals surface area contributed by atoms with E-state index in [1.54, 1.807) is 19.1 Å². The minimum absolute atomic E-state index is 0.0226. The van der Waals surface area contributed by atoms with Gasteiger partial charge in [0.2, 0.25) is 15.0 Å². The Labute approximate surface area is 293 Å². The van der Waals surface area contributed by atoms with Crippen molar-refractivity contribution in [3.8, 4) is 5.75 Å². The summed E-state index contributed by atoms with van der Waals surface area (Å²) in [5.74, 6) is 0.934. The molecule has 1 spiro atoms. The molecule has 7 rings (SSSR count). The first-order chi connectivity index (χ1) is 23.6. The number of hydrogen-bond donors (Lipinski definition) is 0. The van der Waals surface area contributed by atoms with Crippen LogP contribution in [0.5, 0.6) is 5.75 Å². The average Bonchev–Trinajstić information content (AvgIpc) is 3.23. The number of halogens is 1. The van der Waals surface area contributed by atoms with Gasteiger partial charge in [-0.15, -0.1) is 0 Å². The van der Waals surface area contributed by atoms with E-state index in [1.807, 2.05) is 18.2 Å². The van der Waals surface area contributed by atoms with Crippen LogP contribution in [0.1, 0.15) is 66.9 Å². The highest BCUT2D eigenvalue weighted by Gasteiger charge is 2.45. The molecule has 1 aromatic heterocycles. The van der Waals surface area contributed by atoms with E-state index in [9.17, 15) is 13.2 Å². The highest BCUT2D eigenvalue weighted by molar-refractivity contribution is 7.91. The van der Waals surface area contributed by atoms with Crippen LogP contribution in [-0.2, 0) is 35.9 Å². The van der Waals surface area contributed by atoms with Crippen molar-refractivity contribution in [3.05, 3.63) is 76.6 Å². The molecule has 49 heavy (non-hydrogen) atoms. The van der Waals surface area contributed by atoms with Crippen LogP contribution in [0.25, 0.3) is 0 Å². The molecule has 2 aliphatic heterocycles. The van der Waals surface area contributed by atoms with E-state index < -0.39 is 15.9 Å². The molecule has 0 bridgehead atoms. The zero-order valence-electron chi connectivity index (χ0n) is 28.1. The summed E-state index contributed by atoms with van der Waals surface area (Å²) in [5.41, 5.74) is 3.77. The van der Waals surface area contributed by atoms with Crippen molar-refractivity contribution in [2.45, 2.75) is 80.8 Å². The van der Waals surface area contributed by atoms with E-state index in [-0.39, 0.29) is 34.5 Å². The Balaban J connectivity index is 1.08. The van der Waals surface area contributed by atoms with Crippen LogP contribution in [0.15, 0.2) is 60.0 Å². The third kappa shape index (κ3) is 7.18. The van der Waals surface area contributed by atoms with E-state index in [2.05, 4.69) is 27.0 Å². The lowest BCUT2D eigenvalue weighted by Gasteiger charge is -2.48. The number of esters is 1. The summed E-state index contributed by atoms with van der Waals surface area (Å²) >= 11 is 6.44. The van der Waals surface area contributed by atoms with Crippen LogP contribution >= 0.6 is 11.6 Å². The number of hydrogen-bond acceptors (Lipinski definition) is 10. The largest absolute Gasteiger partial charge is 0.490 e. The molecule has 2 aliphatic carbocycles. The van der Waals surface area contributed by atoms with Gasteiger partial charge in [0.25, 0.3) is 0 Å². The summed E-state index contributed by atoms with van der Waals surface area (Å²) in [7, 11) is -2.26.